The fourth-order valence-corrected chi connectivity index (χ4v) is 4.68. The molecule has 176 valence electrons. The van der Waals surface area contributed by atoms with Crippen molar-refractivity contribution in [3.05, 3.63) is 81.5 Å². The average Bonchev–Trinajstić information content (AvgIpc) is 3.41. The second-order valence-electron chi connectivity index (χ2n) is 7.78. The average molecular weight is 498 g/mol. The first-order chi connectivity index (χ1) is 16.4. The van der Waals surface area contributed by atoms with E-state index in [2.05, 4.69) is 4.90 Å². The van der Waals surface area contributed by atoms with E-state index in [1.807, 2.05) is 29.6 Å². The first kappa shape index (κ1) is 23.8. The molecule has 2 heterocycles. The van der Waals surface area contributed by atoms with E-state index in [1.54, 1.807) is 48.3 Å². The molecule has 0 aliphatic carbocycles. The van der Waals surface area contributed by atoms with Gasteiger partial charge in [-0.15, -0.1) is 11.3 Å². The van der Waals surface area contributed by atoms with E-state index in [0.29, 0.717) is 41.8 Å². The number of benzene rings is 2. The number of rotatable bonds is 6. The molecule has 0 saturated carbocycles. The third-order valence-electron chi connectivity index (χ3n) is 5.65. The number of hydrogen-bond acceptors (Lipinski definition) is 6. The number of nitrogens with zero attached hydrogens (tertiary/aromatic N) is 3. The summed E-state index contributed by atoms with van der Waals surface area (Å²) in [4.78, 5) is 44.0. The molecule has 0 unspecified atom stereocenters. The molecule has 1 aliphatic rings. The monoisotopic (exact) mass is 497 g/mol. The highest BCUT2D eigenvalue weighted by molar-refractivity contribution is 7.12. The van der Waals surface area contributed by atoms with Crippen molar-refractivity contribution >= 4 is 52.1 Å². The van der Waals surface area contributed by atoms with Gasteiger partial charge in [-0.05, 0) is 41.8 Å². The highest BCUT2D eigenvalue weighted by Gasteiger charge is 2.24. The maximum Gasteiger partial charge on any atom is 0.340 e. The molecule has 0 radical (unpaired) electrons. The summed E-state index contributed by atoms with van der Waals surface area (Å²) in [5.74, 6) is -1.11. The van der Waals surface area contributed by atoms with Gasteiger partial charge in [0, 0.05) is 43.9 Å². The highest BCUT2D eigenvalue weighted by Crippen LogP contribution is 2.24. The molecule has 3 aromatic rings. The first-order valence-electron chi connectivity index (χ1n) is 10.8. The molecule has 7 nitrogen and oxygen atoms in total. The van der Waals surface area contributed by atoms with Gasteiger partial charge in [0.25, 0.3) is 11.8 Å². The molecule has 1 saturated heterocycles. The third kappa shape index (κ3) is 5.40. The van der Waals surface area contributed by atoms with Crippen LogP contribution in [0.5, 0.6) is 0 Å². The lowest BCUT2D eigenvalue weighted by Crippen LogP contribution is -2.49. The lowest BCUT2D eigenvalue weighted by atomic mass is 10.1. The Labute approximate surface area is 207 Å². The third-order valence-corrected chi connectivity index (χ3v) is 6.75. The van der Waals surface area contributed by atoms with Crippen molar-refractivity contribution in [3.8, 4) is 0 Å². The van der Waals surface area contributed by atoms with E-state index in [-0.39, 0.29) is 24.0 Å². The maximum atomic E-state index is 12.8. The van der Waals surface area contributed by atoms with Crippen LogP contribution < -0.4 is 9.80 Å². The van der Waals surface area contributed by atoms with Gasteiger partial charge in [0.1, 0.15) is 0 Å². The Morgan fingerprint density at radius 1 is 1.00 bits per heavy atom. The summed E-state index contributed by atoms with van der Waals surface area (Å²) < 4.78 is 5.34. The Morgan fingerprint density at radius 2 is 1.76 bits per heavy atom. The summed E-state index contributed by atoms with van der Waals surface area (Å²) >= 11 is 7.41. The van der Waals surface area contributed by atoms with Crippen molar-refractivity contribution in [2.24, 2.45) is 0 Å². The Morgan fingerprint density at radius 3 is 2.47 bits per heavy atom. The minimum Gasteiger partial charge on any atom is -0.452 e. The Hall–Kier alpha value is -3.36. The molecule has 1 fully saturated rings. The second kappa shape index (κ2) is 10.7. The minimum atomic E-state index is -0.646. The van der Waals surface area contributed by atoms with E-state index < -0.39 is 5.97 Å². The molecule has 2 amide bonds. The zero-order valence-corrected chi connectivity index (χ0v) is 20.2. The number of thiophene rings is 1. The lowest BCUT2D eigenvalue weighted by molar-refractivity contribution is -0.134. The summed E-state index contributed by atoms with van der Waals surface area (Å²) in [5.41, 5.74) is 1.67. The van der Waals surface area contributed by atoms with Crippen LogP contribution in [-0.4, -0.2) is 62.5 Å². The zero-order chi connectivity index (χ0) is 24.1. The van der Waals surface area contributed by atoms with Gasteiger partial charge in [-0.3, -0.25) is 9.59 Å². The molecule has 34 heavy (non-hydrogen) atoms. The van der Waals surface area contributed by atoms with Gasteiger partial charge in [0.15, 0.2) is 6.61 Å². The number of anilines is 2. The normalized spacial score (nSPS) is 13.5. The molecule has 4 rings (SSSR count). The van der Waals surface area contributed by atoms with E-state index in [0.717, 1.165) is 5.69 Å². The van der Waals surface area contributed by atoms with Crippen molar-refractivity contribution in [2.75, 3.05) is 49.6 Å². The van der Waals surface area contributed by atoms with Gasteiger partial charge >= 0.3 is 5.97 Å². The lowest BCUT2D eigenvalue weighted by Gasteiger charge is -2.36. The van der Waals surface area contributed by atoms with Crippen LogP contribution >= 0.6 is 22.9 Å². The number of carbonyl (C=O) groups is 3. The summed E-state index contributed by atoms with van der Waals surface area (Å²) in [6.45, 7) is 2.03. The van der Waals surface area contributed by atoms with E-state index in [1.165, 1.54) is 16.2 Å². The van der Waals surface area contributed by atoms with Gasteiger partial charge < -0.3 is 19.4 Å². The standard InChI is InChI=1S/C25H24ClN3O4S/c1-27(24(31)22-10-5-15-34-22)21-9-3-2-8-20(21)25(32)33-17-23(30)29-13-11-28(12-14-29)19-7-4-6-18(26)16-19/h2-10,15-16H,11-14,17H2,1H3. The van der Waals surface area contributed by atoms with Gasteiger partial charge in [-0.1, -0.05) is 35.9 Å². The van der Waals surface area contributed by atoms with Gasteiger partial charge in [-0.2, -0.15) is 0 Å². The smallest absolute Gasteiger partial charge is 0.340 e. The summed E-state index contributed by atoms with van der Waals surface area (Å²) in [6.07, 6.45) is 0. The molecule has 0 N–H and O–H groups in total. The van der Waals surface area contributed by atoms with Crippen molar-refractivity contribution in [1.82, 2.24) is 4.90 Å². The number of ether oxygens (including phenoxy) is 1. The predicted octanol–water partition coefficient (Wildman–Crippen LogP) is 4.18. The quantitative estimate of drug-likeness (QED) is 0.478. The van der Waals surface area contributed by atoms with Gasteiger partial charge in [0.2, 0.25) is 0 Å². The maximum absolute atomic E-state index is 12.8. The van der Waals surface area contributed by atoms with Crippen LogP contribution in [0.15, 0.2) is 66.0 Å². The Kier molecular flexibility index (Phi) is 7.49. The van der Waals surface area contributed by atoms with Crippen molar-refractivity contribution in [2.45, 2.75) is 0 Å². The number of esters is 1. The van der Waals surface area contributed by atoms with Crippen LogP contribution in [0, 0.1) is 0 Å². The number of halogens is 1. The van der Waals surface area contributed by atoms with Gasteiger partial charge in [-0.25, -0.2) is 4.79 Å². The summed E-state index contributed by atoms with van der Waals surface area (Å²) in [5, 5.41) is 2.49. The molecule has 1 aromatic heterocycles. The van der Waals surface area contributed by atoms with Crippen LogP contribution in [0.3, 0.4) is 0 Å². The van der Waals surface area contributed by atoms with Crippen LogP contribution in [-0.2, 0) is 9.53 Å². The molecular formula is C25H24ClN3O4S. The molecule has 2 aromatic carbocycles. The zero-order valence-electron chi connectivity index (χ0n) is 18.6. The SMILES string of the molecule is CN(C(=O)c1cccs1)c1ccccc1C(=O)OCC(=O)N1CCN(c2cccc(Cl)c2)CC1. The first-order valence-corrected chi connectivity index (χ1v) is 12.1. The number of para-hydroxylation sites is 1. The largest absolute Gasteiger partial charge is 0.452 e. The number of amides is 2. The Bertz CT molecular complexity index is 1180. The van der Waals surface area contributed by atoms with Crippen molar-refractivity contribution in [1.29, 1.82) is 0 Å². The van der Waals surface area contributed by atoms with Crippen LogP contribution in [0.1, 0.15) is 20.0 Å². The molecule has 9 heteroatoms. The fraction of sp³-hybridized carbons (Fsp3) is 0.240. The van der Waals surface area contributed by atoms with E-state index in [4.69, 9.17) is 16.3 Å². The molecular weight excluding hydrogens is 474 g/mol. The Balaban J connectivity index is 1.34. The molecule has 1 aliphatic heterocycles. The molecule has 0 atom stereocenters. The van der Waals surface area contributed by atoms with Crippen LogP contribution in [0.25, 0.3) is 0 Å². The van der Waals surface area contributed by atoms with Crippen molar-refractivity contribution in [3.63, 3.8) is 0 Å². The summed E-state index contributed by atoms with van der Waals surface area (Å²) in [7, 11) is 1.61. The molecule has 0 bridgehead atoms. The number of carbonyl (C=O) groups excluding carboxylic acids is 3. The molecule has 0 spiro atoms. The van der Waals surface area contributed by atoms with E-state index in [9.17, 15) is 14.4 Å². The van der Waals surface area contributed by atoms with Crippen LogP contribution in [0.2, 0.25) is 5.02 Å². The number of piperazine rings is 1. The van der Waals surface area contributed by atoms with E-state index >= 15 is 0 Å². The topological polar surface area (TPSA) is 70.2 Å². The van der Waals surface area contributed by atoms with Gasteiger partial charge in [0.05, 0.1) is 16.1 Å². The summed E-state index contributed by atoms with van der Waals surface area (Å²) in [6, 6.07) is 17.9. The minimum absolute atomic E-state index is 0.219. The second-order valence-corrected chi connectivity index (χ2v) is 9.17. The van der Waals surface area contributed by atoms with Crippen LogP contribution in [0.4, 0.5) is 11.4 Å². The van der Waals surface area contributed by atoms with Crippen molar-refractivity contribution < 1.29 is 19.1 Å². The predicted molar refractivity (Wildman–Crippen MR) is 134 cm³/mol. The fourth-order valence-electron chi connectivity index (χ4n) is 3.80. The number of hydrogen-bond donors (Lipinski definition) is 0. The highest BCUT2D eigenvalue weighted by atomic mass is 35.5.